The largest absolute Gasteiger partial charge is 0.463 e. The van der Waals surface area contributed by atoms with Gasteiger partial charge in [0.2, 0.25) is 0 Å². The second-order valence-corrected chi connectivity index (χ2v) is 6.51. The number of carbonyl (C=O) groups is 1. The summed E-state index contributed by atoms with van der Waals surface area (Å²) in [5.74, 6) is -0.382. The van der Waals surface area contributed by atoms with Crippen molar-refractivity contribution >= 4 is 39.1 Å². The molecule has 0 amide bonds. The monoisotopic (exact) mass is 409 g/mol. The van der Waals surface area contributed by atoms with Crippen LogP contribution in [0, 0.1) is 5.82 Å². The molecular formula is C16H13BrFN3O2S. The number of hydrogen-bond acceptors (Lipinski definition) is 6. The quantitative estimate of drug-likeness (QED) is 0.783. The highest BCUT2D eigenvalue weighted by Crippen LogP contribution is 2.35. The van der Waals surface area contributed by atoms with Crippen molar-refractivity contribution in [3.05, 3.63) is 62.4 Å². The third kappa shape index (κ3) is 3.25. The summed E-state index contributed by atoms with van der Waals surface area (Å²) >= 11 is 4.66. The van der Waals surface area contributed by atoms with E-state index in [1.54, 1.807) is 31.5 Å². The summed E-state index contributed by atoms with van der Waals surface area (Å²) in [6, 6.07) is 3.96. The van der Waals surface area contributed by atoms with Gasteiger partial charge in [-0.25, -0.2) is 14.2 Å². The van der Waals surface area contributed by atoms with E-state index in [1.807, 2.05) is 5.38 Å². The van der Waals surface area contributed by atoms with E-state index in [0.29, 0.717) is 22.0 Å². The summed E-state index contributed by atoms with van der Waals surface area (Å²) in [7, 11) is 0. The molecule has 0 fully saturated rings. The molecule has 2 aromatic rings. The van der Waals surface area contributed by atoms with Crippen molar-refractivity contribution in [1.29, 1.82) is 0 Å². The first kappa shape index (κ1) is 16.8. The third-order valence-corrected chi connectivity index (χ3v) is 4.96. The Hall–Kier alpha value is -2.06. The van der Waals surface area contributed by atoms with E-state index >= 15 is 0 Å². The molecule has 1 aromatic carbocycles. The lowest BCUT2D eigenvalue weighted by Crippen LogP contribution is -2.29. The maximum atomic E-state index is 13.9. The fourth-order valence-corrected chi connectivity index (χ4v) is 3.35. The fourth-order valence-electron chi connectivity index (χ4n) is 2.27. The molecule has 1 N–H and O–H groups in total. The van der Waals surface area contributed by atoms with Gasteiger partial charge in [0.25, 0.3) is 0 Å². The molecule has 0 saturated carbocycles. The molecule has 5 nitrogen and oxygen atoms in total. The minimum atomic E-state index is -0.686. The summed E-state index contributed by atoms with van der Waals surface area (Å²) in [4.78, 5) is 21.0. The van der Waals surface area contributed by atoms with Gasteiger partial charge in [-0.2, -0.15) is 0 Å². The van der Waals surface area contributed by atoms with Gasteiger partial charge in [0.05, 0.1) is 16.7 Å². The maximum Gasteiger partial charge on any atom is 0.338 e. The second-order valence-electron chi connectivity index (χ2n) is 4.83. The first-order chi connectivity index (χ1) is 11.6. The molecule has 3 rings (SSSR count). The van der Waals surface area contributed by atoms with E-state index in [-0.39, 0.29) is 11.1 Å². The van der Waals surface area contributed by atoms with Gasteiger partial charge in [-0.1, -0.05) is 12.1 Å². The maximum absolute atomic E-state index is 13.9. The first-order valence-electron chi connectivity index (χ1n) is 7.17. The van der Waals surface area contributed by atoms with Gasteiger partial charge in [-0.05, 0) is 34.5 Å². The minimum absolute atomic E-state index is 0.246. The van der Waals surface area contributed by atoms with Crippen LogP contribution in [0.2, 0.25) is 0 Å². The topological polar surface area (TPSA) is 63.6 Å². The third-order valence-electron chi connectivity index (χ3n) is 3.34. The van der Waals surface area contributed by atoms with E-state index in [4.69, 9.17) is 4.74 Å². The SMILES string of the molecule is CCOC(=O)C1=CNC(c2nccs2)=N[C@H]1c1cccc(F)c1Br. The van der Waals surface area contributed by atoms with E-state index < -0.39 is 17.8 Å². The Bertz CT molecular complexity index is 821. The predicted molar refractivity (Wildman–Crippen MR) is 93.3 cm³/mol. The number of thiazole rings is 1. The van der Waals surface area contributed by atoms with Gasteiger partial charge >= 0.3 is 5.97 Å². The zero-order valence-electron chi connectivity index (χ0n) is 12.6. The standard InChI is InChI=1S/C16H13BrFN3O2S/c1-2-23-16(22)10-8-20-14(15-19-6-7-24-15)21-13(10)9-4-3-5-11(18)12(9)17/h3-8,13H,2H2,1H3,(H,20,21)/t13-/m0/s1. The Morgan fingerprint density at radius 3 is 3.04 bits per heavy atom. The molecule has 0 radical (unpaired) electrons. The van der Waals surface area contributed by atoms with Crippen LogP contribution in [0.3, 0.4) is 0 Å². The highest BCUT2D eigenvalue weighted by Gasteiger charge is 2.30. The van der Waals surface area contributed by atoms with Crippen molar-refractivity contribution in [3.8, 4) is 0 Å². The molecular weight excluding hydrogens is 397 g/mol. The highest BCUT2D eigenvalue weighted by molar-refractivity contribution is 9.10. The number of hydrogen-bond donors (Lipinski definition) is 1. The molecule has 1 aliphatic heterocycles. The molecule has 24 heavy (non-hydrogen) atoms. The number of nitrogens with zero attached hydrogens (tertiary/aromatic N) is 2. The molecule has 0 bridgehead atoms. The number of halogens is 2. The van der Waals surface area contributed by atoms with E-state index in [2.05, 4.69) is 31.2 Å². The molecule has 0 unspecified atom stereocenters. The molecule has 2 heterocycles. The summed E-state index contributed by atoms with van der Waals surface area (Å²) in [5.41, 5.74) is 0.855. The Kier molecular flexibility index (Phi) is 5.06. The van der Waals surface area contributed by atoms with Gasteiger partial charge in [0.15, 0.2) is 10.8 Å². The van der Waals surface area contributed by atoms with Crippen molar-refractivity contribution < 1.29 is 13.9 Å². The van der Waals surface area contributed by atoms with Crippen LogP contribution in [0.25, 0.3) is 0 Å². The van der Waals surface area contributed by atoms with E-state index in [9.17, 15) is 9.18 Å². The molecule has 1 atom stereocenters. The van der Waals surface area contributed by atoms with E-state index in [1.165, 1.54) is 17.4 Å². The summed E-state index contributed by atoms with van der Waals surface area (Å²) in [5, 5.41) is 5.49. The molecule has 8 heteroatoms. The Morgan fingerprint density at radius 2 is 2.33 bits per heavy atom. The van der Waals surface area contributed by atoms with Crippen LogP contribution in [-0.4, -0.2) is 23.4 Å². The van der Waals surface area contributed by atoms with Crippen LogP contribution in [0.15, 0.2) is 51.0 Å². The smallest absolute Gasteiger partial charge is 0.338 e. The van der Waals surface area contributed by atoms with Gasteiger partial charge in [-0.15, -0.1) is 11.3 Å². The number of aromatic nitrogens is 1. The predicted octanol–water partition coefficient (Wildman–Crippen LogP) is 3.58. The molecule has 0 spiro atoms. The lowest BCUT2D eigenvalue weighted by atomic mass is 9.98. The average Bonchev–Trinajstić information content (AvgIpc) is 3.12. The van der Waals surface area contributed by atoms with Gasteiger partial charge in [0, 0.05) is 17.8 Å². The van der Waals surface area contributed by atoms with Crippen LogP contribution >= 0.6 is 27.3 Å². The summed E-state index contributed by atoms with van der Waals surface area (Å²) < 4.78 is 19.3. The van der Waals surface area contributed by atoms with Crippen LogP contribution in [0.5, 0.6) is 0 Å². The van der Waals surface area contributed by atoms with E-state index in [0.717, 1.165) is 0 Å². The zero-order valence-corrected chi connectivity index (χ0v) is 15.0. The number of benzene rings is 1. The Morgan fingerprint density at radius 1 is 1.50 bits per heavy atom. The van der Waals surface area contributed by atoms with Crippen molar-refractivity contribution in [2.75, 3.05) is 6.61 Å². The Labute approximate surface area is 150 Å². The van der Waals surface area contributed by atoms with Crippen LogP contribution in [0.4, 0.5) is 4.39 Å². The highest BCUT2D eigenvalue weighted by atomic mass is 79.9. The van der Waals surface area contributed by atoms with Gasteiger partial charge < -0.3 is 10.1 Å². The first-order valence-corrected chi connectivity index (χ1v) is 8.84. The summed E-state index contributed by atoms with van der Waals surface area (Å²) in [6.07, 6.45) is 3.21. The lowest BCUT2D eigenvalue weighted by molar-refractivity contribution is -0.138. The molecule has 1 aromatic heterocycles. The summed E-state index contributed by atoms with van der Waals surface area (Å²) in [6.45, 7) is 1.97. The lowest BCUT2D eigenvalue weighted by Gasteiger charge is -2.22. The van der Waals surface area contributed by atoms with Crippen LogP contribution in [-0.2, 0) is 9.53 Å². The van der Waals surface area contributed by atoms with Gasteiger partial charge in [0.1, 0.15) is 11.9 Å². The van der Waals surface area contributed by atoms with Crippen molar-refractivity contribution in [3.63, 3.8) is 0 Å². The van der Waals surface area contributed by atoms with Gasteiger partial charge in [-0.3, -0.25) is 4.99 Å². The number of carbonyl (C=O) groups excluding carboxylic acids is 1. The number of rotatable bonds is 4. The molecule has 0 saturated heterocycles. The minimum Gasteiger partial charge on any atom is -0.463 e. The van der Waals surface area contributed by atoms with Crippen molar-refractivity contribution in [2.45, 2.75) is 13.0 Å². The fraction of sp³-hybridized carbons (Fsp3) is 0.188. The molecule has 0 aliphatic carbocycles. The second kappa shape index (κ2) is 7.23. The van der Waals surface area contributed by atoms with Crippen LogP contribution in [0.1, 0.15) is 23.5 Å². The number of aliphatic imine (C=N–C) groups is 1. The molecule has 1 aliphatic rings. The molecule has 124 valence electrons. The normalized spacial score (nSPS) is 16.9. The number of esters is 1. The zero-order chi connectivity index (χ0) is 17.1. The van der Waals surface area contributed by atoms with Crippen molar-refractivity contribution in [2.24, 2.45) is 4.99 Å². The Balaban J connectivity index is 2.06. The number of ether oxygens (including phenoxy) is 1. The van der Waals surface area contributed by atoms with Crippen molar-refractivity contribution in [1.82, 2.24) is 10.3 Å². The average molecular weight is 410 g/mol. The number of nitrogens with one attached hydrogen (secondary N) is 1. The number of amidine groups is 1. The van der Waals surface area contributed by atoms with Crippen LogP contribution < -0.4 is 5.32 Å².